The molecule has 8 rings (SSSR count). The number of carbonyl (C=O) groups excluding carboxylic acids is 2. The number of fused-ring (bicyclic) bond motifs is 4. The van der Waals surface area contributed by atoms with Crippen molar-refractivity contribution >= 4 is 27.4 Å². The number of methoxy groups -OCH3 is 1. The molecule has 1 saturated heterocycles. The Kier molecular flexibility index (Phi) is 9.33. The lowest BCUT2D eigenvalue weighted by Crippen LogP contribution is -2.51. The number of hydrogen-bond acceptors (Lipinski definition) is 7. The number of nitrogens with zero attached hydrogens (tertiary/aromatic N) is 2. The molecule has 0 radical (unpaired) electrons. The van der Waals surface area contributed by atoms with E-state index in [0.29, 0.717) is 43.3 Å². The van der Waals surface area contributed by atoms with Crippen LogP contribution in [0.2, 0.25) is 0 Å². The standard InChI is InChI=1S/C41H53N3O6S/c1-27-10-14-34-29(19-27)8-5-16-40(34)25-44-23-31-11-13-33(31)36(48-3)9-4-7-28(2)24-51(47,43-39(46)32-21-41(22-32)17-6-18-50-41)42-38(45)30-12-15-37(49-26-40)35(44)20-30/h4,9-10,12,14-15,19-20,28,31-33,36H,5-8,11,13,16-18,21-26H2,1-3H3,(H,42,43,45,46,47)/b9-4+/t28-,31-,32?,33+,36-,40-,41?,51?/m0/s1. The van der Waals surface area contributed by atoms with Gasteiger partial charge < -0.3 is 19.1 Å². The molecule has 2 aromatic carbocycles. The molecular formula is C41H53N3O6S. The molecule has 1 N–H and O–H groups in total. The molecule has 2 amide bonds. The van der Waals surface area contributed by atoms with Gasteiger partial charge in [-0.25, -0.2) is 4.21 Å². The largest absolute Gasteiger partial charge is 0.490 e. The van der Waals surface area contributed by atoms with Crippen molar-refractivity contribution in [1.82, 2.24) is 4.72 Å². The van der Waals surface area contributed by atoms with Gasteiger partial charge in [-0.1, -0.05) is 42.8 Å². The summed E-state index contributed by atoms with van der Waals surface area (Å²) in [6.07, 6.45) is 13.5. The number of benzene rings is 2. The van der Waals surface area contributed by atoms with Crippen molar-refractivity contribution in [3.05, 3.63) is 70.8 Å². The number of anilines is 1. The maximum Gasteiger partial charge on any atom is 0.286 e. The number of amides is 2. The van der Waals surface area contributed by atoms with Crippen LogP contribution in [0.3, 0.4) is 0 Å². The monoisotopic (exact) mass is 715 g/mol. The third kappa shape index (κ3) is 6.77. The van der Waals surface area contributed by atoms with Crippen molar-refractivity contribution in [1.29, 1.82) is 0 Å². The van der Waals surface area contributed by atoms with Crippen molar-refractivity contribution < 1.29 is 28.0 Å². The maximum atomic E-state index is 14.6. The van der Waals surface area contributed by atoms with Crippen LogP contribution < -0.4 is 14.4 Å². The van der Waals surface area contributed by atoms with Crippen molar-refractivity contribution in [2.45, 2.75) is 95.2 Å². The molecule has 2 saturated carbocycles. The Morgan fingerprint density at radius 2 is 1.98 bits per heavy atom. The SMILES string of the molecule is CO[C@H]1/C=C/C[C@H](C)CS(=O)(NC(=O)C2CC3(CCCO3)C2)=NC(=O)c2ccc3c(c2)N(C[C@@H]2CC[C@H]21)C[C@@]1(CCCc2cc(C)ccc21)CO3. The lowest BCUT2D eigenvalue weighted by Gasteiger charge is -2.46. The first-order valence-corrected chi connectivity index (χ1v) is 20.8. The highest BCUT2D eigenvalue weighted by atomic mass is 32.2. The predicted octanol–water partition coefficient (Wildman–Crippen LogP) is 6.70. The molecule has 9 nitrogen and oxygen atoms in total. The van der Waals surface area contributed by atoms with Crippen LogP contribution in [0, 0.1) is 30.6 Å². The summed E-state index contributed by atoms with van der Waals surface area (Å²) in [6, 6.07) is 12.4. The third-order valence-corrected chi connectivity index (χ3v) is 14.8. The smallest absolute Gasteiger partial charge is 0.286 e. The zero-order valence-corrected chi connectivity index (χ0v) is 31.2. The van der Waals surface area contributed by atoms with E-state index >= 15 is 0 Å². The van der Waals surface area contributed by atoms with E-state index < -0.39 is 15.8 Å². The van der Waals surface area contributed by atoms with Crippen molar-refractivity contribution in [3.63, 3.8) is 0 Å². The zero-order chi connectivity index (χ0) is 35.4. The van der Waals surface area contributed by atoms with E-state index in [-0.39, 0.29) is 40.6 Å². The molecule has 10 heteroatoms. The van der Waals surface area contributed by atoms with Crippen LogP contribution in [-0.4, -0.2) is 66.9 Å². The van der Waals surface area contributed by atoms with Gasteiger partial charge in [0, 0.05) is 43.7 Å². The van der Waals surface area contributed by atoms with E-state index in [1.54, 1.807) is 13.2 Å². The van der Waals surface area contributed by atoms with Gasteiger partial charge in [0.1, 0.15) is 15.7 Å². The minimum Gasteiger partial charge on any atom is -0.490 e. The van der Waals surface area contributed by atoms with Gasteiger partial charge in [-0.3, -0.25) is 14.3 Å². The van der Waals surface area contributed by atoms with Gasteiger partial charge in [-0.2, -0.15) is 0 Å². The van der Waals surface area contributed by atoms with Gasteiger partial charge in [0.15, 0.2) is 0 Å². The van der Waals surface area contributed by atoms with Crippen molar-refractivity contribution in [3.8, 4) is 5.75 Å². The number of rotatable bonds is 3. The number of aryl methyl sites for hydroxylation is 2. The van der Waals surface area contributed by atoms with Gasteiger partial charge in [0.2, 0.25) is 5.91 Å². The molecule has 2 aromatic rings. The summed E-state index contributed by atoms with van der Waals surface area (Å²) < 4.78 is 40.5. The Morgan fingerprint density at radius 1 is 1.12 bits per heavy atom. The fraction of sp³-hybridized carbons (Fsp3) is 0.610. The van der Waals surface area contributed by atoms with E-state index in [1.807, 2.05) is 19.1 Å². The first-order valence-electron chi connectivity index (χ1n) is 19.1. The zero-order valence-electron chi connectivity index (χ0n) is 30.4. The highest BCUT2D eigenvalue weighted by Crippen LogP contribution is 2.48. The summed E-state index contributed by atoms with van der Waals surface area (Å²) in [5, 5.41) is 0. The summed E-state index contributed by atoms with van der Waals surface area (Å²) in [5.74, 6) is 0.352. The molecular weight excluding hydrogens is 663 g/mol. The predicted molar refractivity (Wildman–Crippen MR) is 198 cm³/mol. The summed E-state index contributed by atoms with van der Waals surface area (Å²) in [4.78, 5) is 30.0. The second-order valence-electron chi connectivity index (χ2n) is 16.5. The molecule has 3 aliphatic carbocycles. The molecule has 1 unspecified atom stereocenters. The summed E-state index contributed by atoms with van der Waals surface area (Å²) in [7, 11) is -1.63. The average Bonchev–Trinajstić information content (AvgIpc) is 3.52. The van der Waals surface area contributed by atoms with Gasteiger partial charge in [0.25, 0.3) is 5.91 Å². The number of nitrogens with one attached hydrogen (secondary N) is 1. The van der Waals surface area contributed by atoms with Gasteiger partial charge >= 0.3 is 0 Å². The lowest BCUT2D eigenvalue weighted by molar-refractivity contribution is -0.141. The first kappa shape index (κ1) is 34.9. The number of ether oxygens (including phenoxy) is 3. The molecule has 2 spiro atoms. The Labute approximate surface area is 303 Å². The summed E-state index contributed by atoms with van der Waals surface area (Å²) in [6.45, 7) is 7.04. The van der Waals surface area contributed by atoms with E-state index in [1.165, 1.54) is 16.7 Å². The Bertz CT molecular complexity index is 1840. The molecule has 6 aliphatic rings. The van der Waals surface area contributed by atoms with Gasteiger partial charge in [0.05, 0.1) is 29.8 Å². The summed E-state index contributed by atoms with van der Waals surface area (Å²) >= 11 is 0. The van der Waals surface area contributed by atoms with Crippen LogP contribution in [0.15, 0.2) is 52.9 Å². The van der Waals surface area contributed by atoms with Crippen molar-refractivity contribution in [2.75, 3.05) is 44.1 Å². The molecule has 3 aliphatic heterocycles. The second kappa shape index (κ2) is 13.6. The molecule has 3 heterocycles. The van der Waals surface area contributed by atoms with Crippen LogP contribution in [0.4, 0.5) is 5.69 Å². The number of carbonyl (C=O) groups is 2. The fourth-order valence-corrected chi connectivity index (χ4v) is 11.8. The average molecular weight is 716 g/mol. The molecule has 3 fully saturated rings. The van der Waals surface area contributed by atoms with E-state index in [0.717, 1.165) is 76.1 Å². The minimum absolute atomic E-state index is 0.0238. The topological polar surface area (TPSA) is 107 Å². The fourth-order valence-electron chi connectivity index (χ4n) is 9.87. The van der Waals surface area contributed by atoms with Crippen molar-refractivity contribution in [2.24, 2.45) is 28.0 Å². The quantitative estimate of drug-likeness (QED) is 0.353. The maximum absolute atomic E-state index is 14.6. The summed E-state index contributed by atoms with van der Waals surface area (Å²) in [5.41, 5.74) is 4.87. The number of hydrogen-bond donors (Lipinski definition) is 1. The molecule has 6 atom stereocenters. The third-order valence-electron chi connectivity index (χ3n) is 12.8. The normalized spacial score (nSPS) is 36.8. The van der Waals surface area contributed by atoms with E-state index in [4.69, 9.17) is 14.2 Å². The molecule has 2 bridgehead atoms. The van der Waals surface area contributed by atoms with Crippen LogP contribution in [0.5, 0.6) is 5.75 Å². The van der Waals surface area contributed by atoms with E-state index in [9.17, 15) is 13.8 Å². The van der Waals surface area contributed by atoms with Crippen LogP contribution in [0.25, 0.3) is 0 Å². The van der Waals surface area contributed by atoms with Gasteiger partial charge in [-0.05, 0) is 118 Å². The molecule has 274 valence electrons. The Hall–Kier alpha value is -3.21. The van der Waals surface area contributed by atoms with Crippen LogP contribution in [0.1, 0.15) is 91.8 Å². The van der Waals surface area contributed by atoms with E-state index in [2.05, 4.69) is 51.3 Å². The lowest BCUT2D eigenvalue weighted by atomic mass is 9.68. The highest BCUT2D eigenvalue weighted by molar-refractivity contribution is 7.92. The second-order valence-corrected chi connectivity index (χ2v) is 18.5. The first-order chi connectivity index (χ1) is 24.6. The van der Waals surface area contributed by atoms with Crippen LogP contribution >= 0.6 is 0 Å². The Morgan fingerprint density at radius 3 is 2.75 bits per heavy atom. The van der Waals surface area contributed by atoms with Gasteiger partial charge in [-0.15, -0.1) is 4.36 Å². The number of allylic oxidation sites excluding steroid dienone is 1. The Balaban J connectivity index is 1.16. The minimum atomic E-state index is -3.42. The van der Waals surface area contributed by atoms with Crippen LogP contribution in [-0.2, 0) is 36.0 Å². The highest BCUT2D eigenvalue weighted by Gasteiger charge is 2.50. The molecule has 51 heavy (non-hydrogen) atoms. The molecule has 0 aromatic heterocycles.